The third-order valence-electron chi connectivity index (χ3n) is 3.91. The average molecular weight is 394 g/mol. The van der Waals surface area contributed by atoms with Gasteiger partial charge in [-0.15, -0.1) is 10.2 Å². The van der Waals surface area contributed by atoms with Crippen molar-refractivity contribution in [2.24, 2.45) is 0 Å². The van der Waals surface area contributed by atoms with Crippen LogP contribution in [0.5, 0.6) is 0 Å². The van der Waals surface area contributed by atoms with Crippen LogP contribution in [0.15, 0.2) is 22.5 Å². The molecule has 1 saturated carbocycles. The molecule has 0 bridgehead atoms. The Bertz CT molecular complexity index is 823. The molecule has 0 aliphatic heterocycles. The molecule has 138 valence electrons. The van der Waals surface area contributed by atoms with Gasteiger partial charge < -0.3 is 5.32 Å². The van der Waals surface area contributed by atoms with Crippen LogP contribution >= 0.6 is 23.1 Å². The van der Waals surface area contributed by atoms with Gasteiger partial charge in [0.15, 0.2) is 4.34 Å². The first kappa shape index (κ1) is 18.8. The van der Waals surface area contributed by atoms with Crippen LogP contribution in [0.2, 0.25) is 0 Å². The van der Waals surface area contributed by atoms with Crippen molar-refractivity contribution in [2.75, 3.05) is 10.7 Å². The van der Waals surface area contributed by atoms with Crippen molar-refractivity contribution < 1.29 is 14.0 Å². The minimum absolute atomic E-state index is 0.0386. The van der Waals surface area contributed by atoms with Crippen LogP contribution in [0.3, 0.4) is 0 Å². The monoisotopic (exact) mass is 394 g/mol. The van der Waals surface area contributed by atoms with Crippen molar-refractivity contribution in [3.63, 3.8) is 0 Å². The lowest BCUT2D eigenvalue weighted by molar-refractivity contribution is -0.119. The number of amides is 2. The van der Waals surface area contributed by atoms with E-state index in [1.54, 1.807) is 24.0 Å². The Kier molecular flexibility index (Phi) is 5.87. The van der Waals surface area contributed by atoms with E-state index in [4.69, 9.17) is 0 Å². The summed E-state index contributed by atoms with van der Waals surface area (Å²) < 4.78 is 14.1. The van der Waals surface area contributed by atoms with Gasteiger partial charge in [-0.05, 0) is 37.0 Å². The third-order valence-corrected chi connectivity index (χ3v) is 5.96. The summed E-state index contributed by atoms with van der Waals surface area (Å²) in [5.74, 6) is -0.299. The van der Waals surface area contributed by atoms with Gasteiger partial charge in [0.2, 0.25) is 16.9 Å². The van der Waals surface area contributed by atoms with Gasteiger partial charge in [0, 0.05) is 19.5 Å². The second kappa shape index (κ2) is 8.13. The lowest BCUT2D eigenvalue weighted by Crippen LogP contribution is -2.30. The van der Waals surface area contributed by atoms with E-state index in [0.29, 0.717) is 20.6 Å². The minimum Gasteiger partial charge on any atom is -0.351 e. The van der Waals surface area contributed by atoms with Gasteiger partial charge >= 0.3 is 0 Å². The summed E-state index contributed by atoms with van der Waals surface area (Å²) in [5, 5.41) is 11.5. The number of carbonyl (C=O) groups excluding carboxylic acids is 2. The van der Waals surface area contributed by atoms with E-state index in [-0.39, 0.29) is 36.0 Å². The van der Waals surface area contributed by atoms with Crippen LogP contribution in [-0.2, 0) is 16.1 Å². The number of nitrogens with one attached hydrogen (secondary N) is 1. The highest BCUT2D eigenvalue weighted by Crippen LogP contribution is 2.35. The summed E-state index contributed by atoms with van der Waals surface area (Å²) in [7, 11) is 0. The molecule has 1 aliphatic carbocycles. The molecule has 6 nitrogen and oxygen atoms in total. The molecule has 1 aromatic carbocycles. The number of benzene rings is 1. The first-order chi connectivity index (χ1) is 12.4. The van der Waals surface area contributed by atoms with Gasteiger partial charge in [0.1, 0.15) is 5.82 Å². The van der Waals surface area contributed by atoms with E-state index >= 15 is 0 Å². The van der Waals surface area contributed by atoms with Crippen molar-refractivity contribution in [3.8, 4) is 0 Å². The molecule has 0 radical (unpaired) electrons. The van der Waals surface area contributed by atoms with Gasteiger partial charge in [-0.2, -0.15) is 0 Å². The number of carbonyl (C=O) groups is 2. The zero-order valence-corrected chi connectivity index (χ0v) is 16.1. The summed E-state index contributed by atoms with van der Waals surface area (Å²) in [4.78, 5) is 25.4. The Labute approximate surface area is 159 Å². The van der Waals surface area contributed by atoms with Gasteiger partial charge in [0.05, 0.1) is 5.75 Å². The molecule has 1 fully saturated rings. The number of anilines is 1. The highest BCUT2D eigenvalue weighted by molar-refractivity contribution is 8.01. The zero-order valence-electron chi connectivity index (χ0n) is 14.5. The first-order valence-corrected chi connectivity index (χ1v) is 10.0. The molecule has 0 atom stereocenters. The van der Waals surface area contributed by atoms with Crippen molar-refractivity contribution in [2.45, 2.75) is 43.6 Å². The lowest BCUT2D eigenvalue weighted by Gasteiger charge is -2.15. The smallest absolute Gasteiger partial charge is 0.230 e. The van der Waals surface area contributed by atoms with Crippen molar-refractivity contribution in [1.29, 1.82) is 0 Å². The Hall–Kier alpha value is -2.00. The maximum Gasteiger partial charge on any atom is 0.230 e. The van der Waals surface area contributed by atoms with Gasteiger partial charge in [0.25, 0.3) is 0 Å². The van der Waals surface area contributed by atoms with E-state index in [1.165, 1.54) is 36.1 Å². The van der Waals surface area contributed by atoms with Crippen LogP contribution in [0.1, 0.15) is 30.9 Å². The normalized spacial score (nSPS) is 13.5. The van der Waals surface area contributed by atoms with Gasteiger partial charge in [-0.1, -0.05) is 35.2 Å². The van der Waals surface area contributed by atoms with Crippen LogP contribution < -0.4 is 10.2 Å². The molecule has 0 unspecified atom stereocenters. The van der Waals surface area contributed by atoms with Gasteiger partial charge in [-0.3, -0.25) is 14.5 Å². The van der Waals surface area contributed by atoms with Gasteiger partial charge in [-0.25, -0.2) is 4.39 Å². The number of rotatable bonds is 7. The standard InChI is InChI=1S/C17H19FN4O2S2/c1-10-3-4-12(7-14(10)18)8-19-15(24)9-25-17-21-20-16(26-17)22(11(2)23)13-5-6-13/h3-4,7,13H,5-6,8-9H2,1-2H3,(H,19,24). The van der Waals surface area contributed by atoms with E-state index in [1.807, 2.05) is 0 Å². The third kappa shape index (κ3) is 4.79. The van der Waals surface area contributed by atoms with Crippen LogP contribution in [0.25, 0.3) is 0 Å². The number of halogens is 1. The largest absolute Gasteiger partial charge is 0.351 e. The molecular weight excluding hydrogens is 375 g/mol. The minimum atomic E-state index is -0.279. The fourth-order valence-electron chi connectivity index (χ4n) is 2.36. The van der Waals surface area contributed by atoms with E-state index in [9.17, 15) is 14.0 Å². The van der Waals surface area contributed by atoms with Crippen molar-refractivity contribution in [1.82, 2.24) is 15.5 Å². The number of nitrogens with zero attached hydrogens (tertiary/aromatic N) is 3. The number of hydrogen-bond acceptors (Lipinski definition) is 6. The molecule has 9 heteroatoms. The van der Waals surface area contributed by atoms with E-state index < -0.39 is 0 Å². The molecule has 1 aromatic heterocycles. The topological polar surface area (TPSA) is 75.2 Å². The summed E-state index contributed by atoms with van der Waals surface area (Å²) in [6.45, 7) is 3.49. The zero-order chi connectivity index (χ0) is 18.7. The van der Waals surface area contributed by atoms with Crippen LogP contribution in [-0.4, -0.2) is 33.8 Å². The highest BCUT2D eigenvalue weighted by atomic mass is 32.2. The SMILES string of the molecule is CC(=O)N(c1nnc(SCC(=O)NCc2ccc(C)c(F)c2)s1)C1CC1. The lowest BCUT2D eigenvalue weighted by atomic mass is 10.1. The molecule has 0 saturated heterocycles. The first-order valence-electron chi connectivity index (χ1n) is 8.22. The fourth-order valence-corrected chi connectivity index (χ4v) is 4.15. The molecule has 26 heavy (non-hydrogen) atoms. The maximum atomic E-state index is 13.5. The summed E-state index contributed by atoms with van der Waals surface area (Å²) in [6, 6.07) is 5.14. The maximum absolute atomic E-state index is 13.5. The summed E-state index contributed by atoms with van der Waals surface area (Å²) in [6.07, 6.45) is 1.98. The second-order valence-electron chi connectivity index (χ2n) is 6.12. The molecule has 1 N–H and O–H groups in total. The quantitative estimate of drug-likeness (QED) is 0.577. The van der Waals surface area contributed by atoms with Crippen LogP contribution in [0, 0.1) is 12.7 Å². The van der Waals surface area contributed by atoms with E-state index in [2.05, 4.69) is 15.5 Å². The Morgan fingerprint density at radius 1 is 1.38 bits per heavy atom. The summed E-state index contributed by atoms with van der Waals surface area (Å²) in [5.41, 5.74) is 1.29. The van der Waals surface area contributed by atoms with E-state index in [0.717, 1.165) is 12.8 Å². The molecule has 3 rings (SSSR count). The predicted octanol–water partition coefficient (Wildman–Crippen LogP) is 2.91. The molecule has 2 amide bonds. The molecule has 1 heterocycles. The number of thioether (sulfide) groups is 1. The van der Waals surface area contributed by atoms with Crippen LogP contribution in [0.4, 0.5) is 9.52 Å². The number of hydrogen-bond donors (Lipinski definition) is 1. The second-order valence-corrected chi connectivity index (χ2v) is 8.30. The highest BCUT2D eigenvalue weighted by Gasteiger charge is 2.34. The Morgan fingerprint density at radius 2 is 2.15 bits per heavy atom. The van der Waals surface area contributed by atoms with Crippen molar-refractivity contribution in [3.05, 3.63) is 35.1 Å². The molecule has 2 aromatic rings. The summed E-state index contributed by atoms with van der Waals surface area (Å²) >= 11 is 2.59. The Morgan fingerprint density at radius 3 is 2.81 bits per heavy atom. The average Bonchev–Trinajstić information content (AvgIpc) is 3.31. The molecule has 1 aliphatic rings. The predicted molar refractivity (Wildman–Crippen MR) is 99.8 cm³/mol. The molecule has 0 spiro atoms. The molecular formula is C17H19FN4O2S2. The number of aromatic nitrogens is 2. The Balaban J connectivity index is 1.48. The van der Waals surface area contributed by atoms with Crippen molar-refractivity contribution >= 4 is 40.0 Å². The number of aryl methyl sites for hydroxylation is 1. The fraction of sp³-hybridized carbons (Fsp3) is 0.412.